The molecule has 3 N–H and O–H groups in total. The molecule has 1 atom stereocenters. The molecule has 2 amide bonds. The van der Waals surface area contributed by atoms with Gasteiger partial charge in [0, 0.05) is 29.1 Å². The molecule has 0 spiro atoms. The van der Waals surface area contributed by atoms with Crippen molar-refractivity contribution in [1.29, 1.82) is 0 Å². The van der Waals surface area contributed by atoms with Gasteiger partial charge >= 0.3 is 6.03 Å². The summed E-state index contributed by atoms with van der Waals surface area (Å²) in [7, 11) is 0. The van der Waals surface area contributed by atoms with Crippen molar-refractivity contribution in [3.63, 3.8) is 0 Å². The first-order valence-electron chi connectivity index (χ1n) is 11.7. The van der Waals surface area contributed by atoms with Crippen LogP contribution in [0.1, 0.15) is 12.0 Å². The molecule has 1 aliphatic rings. The van der Waals surface area contributed by atoms with Crippen LogP contribution in [-0.4, -0.2) is 41.5 Å². The molecule has 5 rings (SSSR count). The van der Waals surface area contributed by atoms with Crippen molar-refractivity contribution in [2.45, 2.75) is 12.5 Å². The molecular weight excluding hydrogens is 553 g/mol. The van der Waals surface area contributed by atoms with E-state index in [1.165, 1.54) is 42.9 Å². The zero-order valence-corrected chi connectivity index (χ0v) is 21.6. The van der Waals surface area contributed by atoms with E-state index in [-0.39, 0.29) is 16.1 Å². The van der Waals surface area contributed by atoms with Crippen LogP contribution in [0.2, 0.25) is 10.0 Å². The topological polar surface area (TPSA) is 110 Å². The number of hydrazone groups is 1. The molecule has 39 heavy (non-hydrogen) atoms. The molecule has 13 heteroatoms. The van der Waals surface area contributed by atoms with Gasteiger partial charge in [-0.05, 0) is 42.5 Å². The van der Waals surface area contributed by atoms with Crippen molar-refractivity contribution >= 4 is 63.5 Å². The van der Waals surface area contributed by atoms with Crippen molar-refractivity contribution in [2.24, 2.45) is 5.10 Å². The van der Waals surface area contributed by atoms with E-state index in [4.69, 9.17) is 32.7 Å². The number of halogens is 4. The second-order valence-corrected chi connectivity index (χ2v) is 9.25. The van der Waals surface area contributed by atoms with E-state index < -0.39 is 17.7 Å². The fourth-order valence-electron chi connectivity index (χ4n) is 3.79. The van der Waals surface area contributed by atoms with E-state index in [1.807, 2.05) is 0 Å². The number of amides is 2. The van der Waals surface area contributed by atoms with E-state index >= 15 is 0 Å². The van der Waals surface area contributed by atoms with Crippen molar-refractivity contribution in [1.82, 2.24) is 15.4 Å². The Bertz CT molecular complexity index is 1570. The van der Waals surface area contributed by atoms with E-state index in [1.54, 1.807) is 12.1 Å². The number of anilines is 3. The van der Waals surface area contributed by atoms with Crippen molar-refractivity contribution < 1.29 is 23.0 Å². The Morgan fingerprint density at radius 3 is 2.74 bits per heavy atom. The first kappa shape index (κ1) is 26.5. The third-order valence-electron chi connectivity index (χ3n) is 5.68. The van der Waals surface area contributed by atoms with Gasteiger partial charge < -0.3 is 20.1 Å². The Morgan fingerprint density at radius 2 is 1.97 bits per heavy atom. The fraction of sp³-hybridized carbons (Fsp3) is 0.154. The van der Waals surface area contributed by atoms with Gasteiger partial charge in [-0.25, -0.2) is 29.0 Å². The summed E-state index contributed by atoms with van der Waals surface area (Å²) in [5, 5.41) is 10.3. The lowest BCUT2D eigenvalue weighted by molar-refractivity contribution is 0.142. The third-order valence-corrected chi connectivity index (χ3v) is 6.30. The molecule has 200 valence electrons. The maximum absolute atomic E-state index is 13.6. The lowest BCUT2D eigenvalue weighted by atomic mass is 10.1. The molecule has 1 aliphatic heterocycles. The number of hydrogen-bond acceptors (Lipinski definition) is 7. The van der Waals surface area contributed by atoms with Crippen molar-refractivity contribution in [2.75, 3.05) is 23.8 Å². The quantitative estimate of drug-likeness (QED) is 0.177. The van der Waals surface area contributed by atoms with Crippen LogP contribution in [-0.2, 0) is 4.74 Å². The smallest absolute Gasteiger partial charge is 0.339 e. The molecule has 0 aliphatic carbocycles. The van der Waals surface area contributed by atoms with E-state index in [9.17, 15) is 13.6 Å². The number of rotatable bonds is 7. The number of ether oxygens (including phenoxy) is 2. The van der Waals surface area contributed by atoms with Gasteiger partial charge in [0.1, 0.15) is 35.6 Å². The summed E-state index contributed by atoms with van der Waals surface area (Å²) in [6.07, 6.45) is 3.14. The Balaban J connectivity index is 1.42. The number of fused-ring (bicyclic) bond motifs is 1. The van der Waals surface area contributed by atoms with Crippen LogP contribution in [0.3, 0.4) is 0 Å². The number of benzene rings is 3. The van der Waals surface area contributed by atoms with Crippen LogP contribution in [0.5, 0.6) is 5.75 Å². The van der Waals surface area contributed by atoms with Gasteiger partial charge in [0.2, 0.25) is 0 Å². The molecule has 1 saturated heterocycles. The van der Waals surface area contributed by atoms with E-state index in [2.05, 4.69) is 31.1 Å². The zero-order chi connectivity index (χ0) is 27.4. The Kier molecular flexibility index (Phi) is 8.01. The van der Waals surface area contributed by atoms with Gasteiger partial charge in [-0.3, -0.25) is 0 Å². The predicted octanol–water partition coefficient (Wildman–Crippen LogP) is 6.28. The first-order chi connectivity index (χ1) is 18.9. The maximum Gasteiger partial charge on any atom is 0.339 e. The highest BCUT2D eigenvalue weighted by atomic mass is 35.5. The second kappa shape index (κ2) is 11.8. The molecule has 1 aromatic heterocycles. The number of aromatic nitrogens is 2. The van der Waals surface area contributed by atoms with E-state index in [0.29, 0.717) is 59.0 Å². The SMILES string of the molecule is O=C(N/N=C/c1ccc(F)cc1Cl)Nc1cc2c(Nc3ccc(F)c(Cl)c3)ncnc2cc1OC1CCOC1. The molecule has 0 bridgehead atoms. The molecule has 0 radical (unpaired) electrons. The second-order valence-electron chi connectivity index (χ2n) is 8.44. The van der Waals surface area contributed by atoms with Crippen LogP contribution in [0, 0.1) is 11.6 Å². The highest BCUT2D eigenvalue weighted by molar-refractivity contribution is 6.33. The summed E-state index contributed by atoms with van der Waals surface area (Å²) in [5.41, 5.74) is 4.12. The van der Waals surface area contributed by atoms with Gasteiger partial charge in [0.25, 0.3) is 0 Å². The number of urea groups is 1. The zero-order valence-electron chi connectivity index (χ0n) is 20.1. The number of carbonyl (C=O) groups is 1. The largest absolute Gasteiger partial charge is 0.486 e. The Labute approximate surface area is 231 Å². The minimum atomic E-state index is -0.673. The monoisotopic (exact) mass is 572 g/mol. The summed E-state index contributed by atoms with van der Waals surface area (Å²) >= 11 is 11.9. The predicted molar refractivity (Wildman–Crippen MR) is 145 cm³/mol. The average molecular weight is 573 g/mol. The Morgan fingerprint density at radius 1 is 1.10 bits per heavy atom. The van der Waals surface area contributed by atoms with Crippen molar-refractivity contribution in [3.8, 4) is 5.75 Å². The van der Waals surface area contributed by atoms with Gasteiger partial charge in [0.05, 0.1) is 40.7 Å². The number of nitrogens with one attached hydrogen (secondary N) is 3. The molecule has 1 fully saturated rings. The highest BCUT2D eigenvalue weighted by Gasteiger charge is 2.21. The molecule has 0 saturated carbocycles. The van der Waals surface area contributed by atoms with Gasteiger partial charge in [-0.2, -0.15) is 5.10 Å². The molecule has 2 heterocycles. The van der Waals surface area contributed by atoms with Gasteiger partial charge in [-0.1, -0.05) is 23.2 Å². The van der Waals surface area contributed by atoms with Crippen LogP contribution >= 0.6 is 23.2 Å². The number of carbonyl (C=O) groups excluding carboxylic acids is 1. The lowest BCUT2D eigenvalue weighted by Gasteiger charge is -2.18. The molecule has 4 aromatic rings. The minimum absolute atomic E-state index is 0.0469. The first-order valence-corrected chi connectivity index (χ1v) is 12.4. The number of hydrogen-bond donors (Lipinski definition) is 3. The van der Waals surface area contributed by atoms with Gasteiger partial charge in [-0.15, -0.1) is 0 Å². The average Bonchev–Trinajstić information content (AvgIpc) is 3.41. The van der Waals surface area contributed by atoms with Crippen LogP contribution in [0.4, 0.5) is 30.8 Å². The van der Waals surface area contributed by atoms with Gasteiger partial charge in [0.15, 0.2) is 0 Å². The van der Waals surface area contributed by atoms with E-state index in [0.717, 1.165) is 6.07 Å². The van der Waals surface area contributed by atoms with Crippen LogP contribution in [0.15, 0.2) is 60.0 Å². The summed E-state index contributed by atoms with van der Waals surface area (Å²) in [4.78, 5) is 21.3. The maximum atomic E-state index is 13.6. The molecular formula is C26H20Cl2F2N6O3. The Hall–Kier alpha value is -4.06. The lowest BCUT2D eigenvalue weighted by Crippen LogP contribution is -2.25. The van der Waals surface area contributed by atoms with Crippen LogP contribution in [0.25, 0.3) is 10.9 Å². The minimum Gasteiger partial charge on any atom is -0.486 e. The summed E-state index contributed by atoms with van der Waals surface area (Å²) in [5.74, 6) is -0.270. The summed E-state index contributed by atoms with van der Waals surface area (Å²) in [6, 6.07) is 10.6. The summed E-state index contributed by atoms with van der Waals surface area (Å²) < 4.78 is 38.4. The van der Waals surface area contributed by atoms with Crippen LogP contribution < -0.4 is 20.8 Å². The molecule has 3 aromatic carbocycles. The highest BCUT2D eigenvalue weighted by Crippen LogP contribution is 2.35. The molecule has 9 nitrogen and oxygen atoms in total. The summed E-state index contributed by atoms with van der Waals surface area (Å²) in [6.45, 7) is 0.979. The molecule has 1 unspecified atom stereocenters. The number of nitrogens with zero attached hydrogens (tertiary/aromatic N) is 3. The third kappa shape index (κ3) is 6.51. The fourth-order valence-corrected chi connectivity index (χ4v) is 4.19. The van der Waals surface area contributed by atoms with Crippen molar-refractivity contribution in [3.05, 3.63) is 82.1 Å². The standard InChI is InChI=1S/C26H20Cl2F2N6O3/c27-19-7-15(29)2-1-14(19)11-33-36-26(37)35-23-9-18-22(10-24(23)39-17-5-6-38-12-17)31-13-32-25(18)34-16-3-4-21(30)20(28)8-16/h1-4,7-11,13,17H,5-6,12H2,(H,31,32,34)(H2,35,36,37)/b33-11+. The normalized spacial score (nSPS) is 15.0.